The molecule has 2 heterocycles. The van der Waals surface area contributed by atoms with Gasteiger partial charge in [-0.3, -0.25) is 9.78 Å². The van der Waals surface area contributed by atoms with E-state index in [1.54, 1.807) is 0 Å². The zero-order chi connectivity index (χ0) is 15.1. The number of carbonyl (C=O) groups is 1. The molecule has 1 aliphatic heterocycles. The first-order chi connectivity index (χ1) is 9.14. The van der Waals surface area contributed by atoms with Crippen LogP contribution < -0.4 is 11.2 Å². The molecule has 1 fully saturated rings. The van der Waals surface area contributed by atoms with Crippen LogP contribution in [0.5, 0.6) is 0 Å². The lowest BCUT2D eigenvalue weighted by atomic mass is 9.76. The fourth-order valence-electron chi connectivity index (χ4n) is 2.01. The van der Waals surface area contributed by atoms with E-state index in [2.05, 4.69) is 4.98 Å². The Labute approximate surface area is 117 Å². The van der Waals surface area contributed by atoms with Crippen molar-refractivity contribution in [3.05, 3.63) is 23.8 Å². The molecule has 0 atom stereocenters. The normalized spacial score (nSPS) is 20.1. The summed E-state index contributed by atoms with van der Waals surface area (Å²) in [7, 11) is -0.766. The van der Waals surface area contributed by atoms with Gasteiger partial charge in [0.05, 0.1) is 23.8 Å². The van der Waals surface area contributed by atoms with Crippen LogP contribution >= 0.6 is 0 Å². The molecular weight excluding hydrogens is 262 g/mol. The van der Waals surface area contributed by atoms with Crippen molar-refractivity contribution in [3.63, 3.8) is 0 Å². The molecule has 2 rings (SSSR count). The van der Waals surface area contributed by atoms with Crippen molar-refractivity contribution >= 4 is 18.5 Å². The number of nitrogens with zero attached hydrogens (tertiary/aromatic N) is 1. The largest absolute Gasteiger partial charge is 0.496 e. The topological polar surface area (TPSA) is 74.4 Å². The highest BCUT2D eigenvalue weighted by Crippen LogP contribution is 2.36. The lowest BCUT2D eigenvalue weighted by molar-refractivity contribution is -0.117. The van der Waals surface area contributed by atoms with Gasteiger partial charge in [-0.05, 0) is 27.7 Å². The molecule has 1 aliphatic rings. The summed E-state index contributed by atoms with van der Waals surface area (Å²) >= 11 is 0. The van der Waals surface area contributed by atoms with Gasteiger partial charge in [0, 0.05) is 17.2 Å². The second-order valence-corrected chi connectivity index (χ2v) is 5.92. The van der Waals surface area contributed by atoms with E-state index in [1.165, 1.54) is 6.20 Å². The first kappa shape index (κ1) is 14.9. The van der Waals surface area contributed by atoms with Crippen molar-refractivity contribution < 1.29 is 18.5 Å². The van der Waals surface area contributed by atoms with E-state index in [0.29, 0.717) is 5.46 Å². The van der Waals surface area contributed by atoms with Gasteiger partial charge in [-0.1, -0.05) is 0 Å². The monoisotopic (exact) mass is 280 g/mol. The Morgan fingerprint density at radius 1 is 1.30 bits per heavy atom. The Hall–Kier alpha value is -1.47. The average molecular weight is 280 g/mol. The molecule has 5 nitrogen and oxygen atoms in total. The van der Waals surface area contributed by atoms with Crippen molar-refractivity contribution in [2.45, 2.75) is 45.3 Å². The SMILES string of the molecule is CC1(C)OB(c2cncc(F)c2CC(N)=O)OC1(C)C. The lowest BCUT2D eigenvalue weighted by Gasteiger charge is -2.32. The van der Waals surface area contributed by atoms with Gasteiger partial charge in [0.25, 0.3) is 0 Å². The minimum atomic E-state index is -0.766. The minimum Gasteiger partial charge on any atom is -0.399 e. The van der Waals surface area contributed by atoms with Crippen LogP contribution in [0.3, 0.4) is 0 Å². The molecule has 1 aromatic heterocycles. The fraction of sp³-hybridized carbons (Fsp3) is 0.538. The Bertz CT molecular complexity index is 532. The summed E-state index contributed by atoms with van der Waals surface area (Å²) < 4.78 is 25.6. The lowest BCUT2D eigenvalue weighted by Crippen LogP contribution is -2.41. The number of aromatic nitrogens is 1. The van der Waals surface area contributed by atoms with Gasteiger partial charge in [-0.25, -0.2) is 4.39 Å². The van der Waals surface area contributed by atoms with Crippen LogP contribution in [0.4, 0.5) is 4.39 Å². The van der Waals surface area contributed by atoms with Gasteiger partial charge < -0.3 is 15.0 Å². The number of halogens is 1. The Balaban J connectivity index is 2.40. The number of rotatable bonds is 3. The molecule has 1 aromatic rings. The van der Waals surface area contributed by atoms with Gasteiger partial charge in [-0.2, -0.15) is 0 Å². The van der Waals surface area contributed by atoms with E-state index >= 15 is 0 Å². The zero-order valence-corrected chi connectivity index (χ0v) is 12.1. The van der Waals surface area contributed by atoms with Gasteiger partial charge in [0.1, 0.15) is 5.82 Å². The average Bonchev–Trinajstić information content (AvgIpc) is 2.50. The quantitative estimate of drug-likeness (QED) is 0.820. The standard InChI is InChI=1S/C13H18BFN2O3/c1-12(2)13(3,4)20-14(19-12)9-6-17-7-10(15)8(9)5-11(16)18/h6-7H,5H2,1-4H3,(H2,16,18). The third-order valence-electron chi connectivity index (χ3n) is 3.90. The second kappa shape index (κ2) is 4.82. The maximum Gasteiger partial charge on any atom is 0.496 e. The van der Waals surface area contributed by atoms with E-state index in [4.69, 9.17) is 15.0 Å². The highest BCUT2D eigenvalue weighted by Gasteiger charge is 2.52. The highest BCUT2D eigenvalue weighted by molar-refractivity contribution is 6.62. The van der Waals surface area contributed by atoms with Crippen LogP contribution in [-0.2, 0) is 20.5 Å². The molecule has 2 N–H and O–H groups in total. The number of hydrogen-bond acceptors (Lipinski definition) is 4. The molecule has 0 bridgehead atoms. The van der Waals surface area contributed by atoms with E-state index in [1.807, 2.05) is 27.7 Å². The number of primary amides is 1. The molecule has 7 heteroatoms. The van der Waals surface area contributed by atoms with Crippen molar-refractivity contribution in [1.29, 1.82) is 0 Å². The van der Waals surface area contributed by atoms with Crippen LogP contribution in [0.25, 0.3) is 0 Å². The predicted octanol–water partition coefficient (Wildman–Crippen LogP) is 0.548. The summed E-state index contributed by atoms with van der Waals surface area (Å²) in [4.78, 5) is 14.9. The Morgan fingerprint density at radius 3 is 2.35 bits per heavy atom. The van der Waals surface area contributed by atoms with Crippen molar-refractivity contribution in [2.24, 2.45) is 5.73 Å². The fourth-order valence-corrected chi connectivity index (χ4v) is 2.01. The van der Waals surface area contributed by atoms with Crippen LogP contribution in [-0.4, -0.2) is 29.2 Å². The first-order valence-electron chi connectivity index (χ1n) is 6.40. The second-order valence-electron chi connectivity index (χ2n) is 5.92. The number of hydrogen-bond donors (Lipinski definition) is 1. The highest BCUT2D eigenvalue weighted by atomic mass is 19.1. The van der Waals surface area contributed by atoms with Gasteiger partial charge >= 0.3 is 7.12 Å². The van der Waals surface area contributed by atoms with Gasteiger partial charge in [-0.15, -0.1) is 0 Å². The van der Waals surface area contributed by atoms with Crippen LogP contribution in [0.15, 0.2) is 12.4 Å². The maximum absolute atomic E-state index is 13.9. The molecule has 20 heavy (non-hydrogen) atoms. The number of nitrogens with two attached hydrogens (primary N) is 1. The molecule has 0 unspecified atom stereocenters. The summed E-state index contributed by atoms with van der Waals surface area (Å²) in [6.07, 6.45) is 2.28. The molecule has 0 saturated carbocycles. The molecule has 0 aromatic carbocycles. The van der Waals surface area contributed by atoms with Gasteiger partial charge in [0.2, 0.25) is 5.91 Å². The zero-order valence-electron chi connectivity index (χ0n) is 12.1. The summed E-state index contributed by atoms with van der Waals surface area (Å²) in [5.41, 5.74) is 4.64. The molecule has 1 amide bonds. The van der Waals surface area contributed by atoms with Crippen molar-refractivity contribution in [3.8, 4) is 0 Å². The van der Waals surface area contributed by atoms with Crippen LogP contribution in [0, 0.1) is 5.82 Å². The summed E-state index contributed by atoms with van der Waals surface area (Å²) in [5, 5.41) is 0. The summed E-state index contributed by atoms with van der Waals surface area (Å²) in [6.45, 7) is 7.59. The molecule has 1 saturated heterocycles. The summed E-state index contributed by atoms with van der Waals surface area (Å²) in [6, 6.07) is 0. The van der Waals surface area contributed by atoms with E-state index in [9.17, 15) is 9.18 Å². The molecule has 108 valence electrons. The third-order valence-corrected chi connectivity index (χ3v) is 3.90. The molecular formula is C13H18BFN2O3. The third kappa shape index (κ3) is 2.55. The first-order valence-corrected chi connectivity index (χ1v) is 6.40. The van der Waals surface area contributed by atoms with Crippen molar-refractivity contribution in [1.82, 2.24) is 4.98 Å². The molecule has 0 aliphatic carbocycles. The van der Waals surface area contributed by atoms with E-state index in [0.717, 1.165) is 6.20 Å². The van der Waals surface area contributed by atoms with Crippen LogP contribution in [0.2, 0.25) is 0 Å². The Kier molecular flexibility index (Phi) is 3.60. The van der Waals surface area contributed by atoms with Gasteiger partial charge in [0.15, 0.2) is 0 Å². The number of amides is 1. The minimum absolute atomic E-state index is 0.172. The van der Waals surface area contributed by atoms with E-state index in [-0.39, 0.29) is 12.0 Å². The Morgan fingerprint density at radius 2 is 1.85 bits per heavy atom. The van der Waals surface area contributed by atoms with Crippen molar-refractivity contribution in [2.75, 3.05) is 0 Å². The summed E-state index contributed by atoms with van der Waals surface area (Å²) in [5.74, 6) is -1.20. The smallest absolute Gasteiger partial charge is 0.399 e. The predicted molar refractivity (Wildman–Crippen MR) is 72.8 cm³/mol. The number of carbonyl (C=O) groups excluding carboxylic acids is 1. The van der Waals surface area contributed by atoms with Crippen LogP contribution in [0.1, 0.15) is 33.3 Å². The maximum atomic E-state index is 13.9. The molecule has 0 radical (unpaired) electrons. The molecule has 0 spiro atoms. The van der Waals surface area contributed by atoms with E-state index < -0.39 is 30.0 Å². The number of pyridine rings is 1.